The van der Waals surface area contributed by atoms with Gasteiger partial charge in [0.05, 0.1) is 0 Å². The van der Waals surface area contributed by atoms with E-state index in [2.05, 4.69) is 38.0 Å². The standard InChI is InChI=1S/C14H30N2/c1-12(2)15-11-13(3)16(4)14-9-7-5-6-8-10-14/h12-15H,5-11H2,1-4H3. The van der Waals surface area contributed by atoms with Crippen LogP contribution in [-0.4, -0.2) is 36.6 Å². The third-order valence-corrected chi connectivity index (χ3v) is 3.92. The van der Waals surface area contributed by atoms with Crippen molar-refractivity contribution in [3.05, 3.63) is 0 Å². The molecule has 1 atom stereocenters. The smallest absolute Gasteiger partial charge is 0.0192 e. The van der Waals surface area contributed by atoms with Crippen molar-refractivity contribution in [2.45, 2.75) is 77.4 Å². The normalized spacial score (nSPS) is 21.4. The Balaban J connectivity index is 2.32. The third-order valence-electron chi connectivity index (χ3n) is 3.92. The monoisotopic (exact) mass is 226 g/mol. The Morgan fingerprint density at radius 3 is 2.12 bits per heavy atom. The summed E-state index contributed by atoms with van der Waals surface area (Å²) < 4.78 is 0. The lowest BCUT2D eigenvalue weighted by Crippen LogP contribution is -2.45. The molecular formula is C14H30N2. The molecule has 0 saturated heterocycles. The van der Waals surface area contributed by atoms with E-state index in [0.717, 1.165) is 12.6 Å². The van der Waals surface area contributed by atoms with Gasteiger partial charge in [-0.15, -0.1) is 0 Å². The second-order valence-electron chi connectivity index (χ2n) is 5.72. The van der Waals surface area contributed by atoms with Gasteiger partial charge >= 0.3 is 0 Å². The maximum Gasteiger partial charge on any atom is 0.0192 e. The first kappa shape index (κ1) is 14.0. The highest BCUT2D eigenvalue weighted by atomic mass is 15.2. The fraction of sp³-hybridized carbons (Fsp3) is 1.00. The Labute approximate surface area is 102 Å². The van der Waals surface area contributed by atoms with Crippen LogP contribution in [0.4, 0.5) is 0 Å². The van der Waals surface area contributed by atoms with Gasteiger partial charge in [0.25, 0.3) is 0 Å². The molecule has 1 fully saturated rings. The molecule has 0 bridgehead atoms. The second-order valence-corrected chi connectivity index (χ2v) is 5.72. The molecule has 0 spiro atoms. The molecule has 0 aromatic carbocycles. The molecule has 1 N–H and O–H groups in total. The Hall–Kier alpha value is -0.0800. The molecule has 0 aromatic heterocycles. The van der Waals surface area contributed by atoms with E-state index in [4.69, 9.17) is 0 Å². The average molecular weight is 226 g/mol. The van der Waals surface area contributed by atoms with E-state index in [0.29, 0.717) is 12.1 Å². The Kier molecular flexibility index (Phi) is 6.37. The minimum atomic E-state index is 0.602. The minimum absolute atomic E-state index is 0.602. The van der Waals surface area contributed by atoms with Gasteiger partial charge < -0.3 is 5.32 Å². The van der Waals surface area contributed by atoms with Crippen LogP contribution in [0.5, 0.6) is 0 Å². The van der Waals surface area contributed by atoms with E-state index < -0.39 is 0 Å². The predicted octanol–water partition coefficient (Wildman–Crippen LogP) is 3.03. The molecule has 2 nitrogen and oxygen atoms in total. The lowest BCUT2D eigenvalue weighted by molar-refractivity contribution is 0.163. The van der Waals surface area contributed by atoms with Crippen molar-refractivity contribution in [1.29, 1.82) is 0 Å². The van der Waals surface area contributed by atoms with Crippen molar-refractivity contribution in [1.82, 2.24) is 10.2 Å². The van der Waals surface area contributed by atoms with E-state index in [-0.39, 0.29) is 0 Å². The summed E-state index contributed by atoms with van der Waals surface area (Å²) in [5.74, 6) is 0. The largest absolute Gasteiger partial charge is 0.313 e. The van der Waals surface area contributed by atoms with E-state index in [1.54, 1.807) is 0 Å². The first-order valence-electron chi connectivity index (χ1n) is 7.06. The summed E-state index contributed by atoms with van der Waals surface area (Å²) in [5.41, 5.74) is 0. The average Bonchev–Trinajstić information content (AvgIpc) is 2.53. The van der Waals surface area contributed by atoms with Gasteiger partial charge in [-0.3, -0.25) is 4.90 Å². The molecular weight excluding hydrogens is 196 g/mol. The summed E-state index contributed by atoms with van der Waals surface area (Å²) in [6.07, 6.45) is 8.57. The molecule has 0 aliphatic heterocycles. The van der Waals surface area contributed by atoms with E-state index >= 15 is 0 Å². The van der Waals surface area contributed by atoms with Crippen molar-refractivity contribution < 1.29 is 0 Å². The van der Waals surface area contributed by atoms with Crippen molar-refractivity contribution in [3.63, 3.8) is 0 Å². The molecule has 1 rings (SSSR count). The van der Waals surface area contributed by atoms with Crippen LogP contribution >= 0.6 is 0 Å². The van der Waals surface area contributed by atoms with Crippen LogP contribution in [0.15, 0.2) is 0 Å². The first-order chi connectivity index (χ1) is 7.61. The highest BCUT2D eigenvalue weighted by molar-refractivity contribution is 4.77. The zero-order valence-electron chi connectivity index (χ0n) is 11.6. The van der Waals surface area contributed by atoms with Crippen LogP contribution in [0.3, 0.4) is 0 Å². The Bertz CT molecular complexity index is 172. The van der Waals surface area contributed by atoms with Crippen LogP contribution < -0.4 is 5.32 Å². The molecule has 0 radical (unpaired) electrons. The van der Waals surface area contributed by atoms with Gasteiger partial charge in [0.1, 0.15) is 0 Å². The van der Waals surface area contributed by atoms with Crippen molar-refractivity contribution >= 4 is 0 Å². The highest BCUT2D eigenvalue weighted by Crippen LogP contribution is 2.22. The van der Waals surface area contributed by atoms with Gasteiger partial charge in [0, 0.05) is 24.7 Å². The Morgan fingerprint density at radius 2 is 1.62 bits per heavy atom. The lowest BCUT2D eigenvalue weighted by Gasteiger charge is -2.33. The quantitative estimate of drug-likeness (QED) is 0.725. The number of nitrogens with zero attached hydrogens (tertiary/aromatic N) is 1. The zero-order chi connectivity index (χ0) is 12.0. The maximum absolute atomic E-state index is 3.54. The van der Waals surface area contributed by atoms with Crippen molar-refractivity contribution in [3.8, 4) is 0 Å². The molecule has 1 unspecified atom stereocenters. The van der Waals surface area contributed by atoms with Gasteiger partial charge in [-0.05, 0) is 26.8 Å². The molecule has 2 heteroatoms. The Morgan fingerprint density at radius 1 is 1.06 bits per heavy atom. The number of nitrogens with one attached hydrogen (secondary N) is 1. The molecule has 0 heterocycles. The molecule has 16 heavy (non-hydrogen) atoms. The van der Waals surface area contributed by atoms with Crippen molar-refractivity contribution in [2.24, 2.45) is 0 Å². The van der Waals surface area contributed by atoms with Crippen LogP contribution in [0.1, 0.15) is 59.3 Å². The van der Waals surface area contributed by atoms with Gasteiger partial charge in [0.2, 0.25) is 0 Å². The summed E-state index contributed by atoms with van der Waals surface area (Å²) in [7, 11) is 2.31. The minimum Gasteiger partial charge on any atom is -0.313 e. The van der Waals surface area contributed by atoms with Gasteiger partial charge in [-0.1, -0.05) is 39.5 Å². The molecule has 1 aliphatic rings. The maximum atomic E-state index is 3.54. The SMILES string of the molecule is CC(C)NCC(C)N(C)C1CCCCCC1. The van der Waals surface area contributed by atoms with Gasteiger partial charge in [-0.2, -0.15) is 0 Å². The molecule has 1 saturated carbocycles. The first-order valence-corrected chi connectivity index (χ1v) is 7.06. The number of rotatable bonds is 5. The van der Waals surface area contributed by atoms with Crippen LogP contribution in [-0.2, 0) is 0 Å². The topological polar surface area (TPSA) is 15.3 Å². The number of likely N-dealkylation sites (N-methyl/N-ethyl adjacent to an activating group) is 1. The molecule has 0 aromatic rings. The summed E-state index contributed by atoms with van der Waals surface area (Å²) in [4.78, 5) is 2.60. The highest BCUT2D eigenvalue weighted by Gasteiger charge is 2.20. The summed E-state index contributed by atoms with van der Waals surface area (Å²) in [5, 5.41) is 3.54. The predicted molar refractivity (Wildman–Crippen MR) is 71.9 cm³/mol. The van der Waals surface area contributed by atoms with Crippen LogP contribution in [0.2, 0.25) is 0 Å². The molecule has 1 aliphatic carbocycles. The van der Waals surface area contributed by atoms with Gasteiger partial charge in [0.15, 0.2) is 0 Å². The lowest BCUT2D eigenvalue weighted by atomic mass is 10.1. The summed E-state index contributed by atoms with van der Waals surface area (Å²) in [6.45, 7) is 7.90. The zero-order valence-corrected chi connectivity index (χ0v) is 11.6. The number of hydrogen-bond donors (Lipinski definition) is 1. The van der Waals surface area contributed by atoms with E-state index in [9.17, 15) is 0 Å². The van der Waals surface area contributed by atoms with Crippen molar-refractivity contribution in [2.75, 3.05) is 13.6 Å². The van der Waals surface area contributed by atoms with Crippen LogP contribution in [0.25, 0.3) is 0 Å². The van der Waals surface area contributed by atoms with E-state index in [1.807, 2.05) is 0 Å². The molecule has 0 amide bonds. The third kappa shape index (κ3) is 4.84. The van der Waals surface area contributed by atoms with Gasteiger partial charge in [-0.25, -0.2) is 0 Å². The number of hydrogen-bond acceptors (Lipinski definition) is 2. The van der Waals surface area contributed by atoms with E-state index in [1.165, 1.54) is 38.5 Å². The summed E-state index contributed by atoms with van der Waals surface area (Å²) >= 11 is 0. The fourth-order valence-corrected chi connectivity index (χ4v) is 2.58. The summed E-state index contributed by atoms with van der Waals surface area (Å²) in [6, 6.07) is 2.09. The molecule has 96 valence electrons. The second kappa shape index (κ2) is 7.29. The fourth-order valence-electron chi connectivity index (χ4n) is 2.58. The van der Waals surface area contributed by atoms with Crippen LogP contribution in [0, 0.1) is 0 Å².